The topological polar surface area (TPSA) is 47.3 Å². The molecule has 2 unspecified atom stereocenters. The molecule has 2 aliphatic rings. The highest BCUT2D eigenvalue weighted by Gasteiger charge is 2.37. The van der Waals surface area contributed by atoms with Crippen molar-refractivity contribution >= 4 is 0 Å². The predicted molar refractivity (Wildman–Crippen MR) is 61.8 cm³/mol. The van der Waals surface area contributed by atoms with Gasteiger partial charge in [-0.05, 0) is 44.9 Å². The van der Waals surface area contributed by atoms with Crippen molar-refractivity contribution in [3.05, 3.63) is 0 Å². The Kier molecular flexibility index (Phi) is 3.65. The zero-order valence-corrected chi connectivity index (χ0v) is 9.80. The molecule has 3 nitrogen and oxygen atoms in total. The molecule has 2 rings (SSSR count). The number of nitrogens with two attached hydrogens (primary N) is 1. The summed E-state index contributed by atoms with van der Waals surface area (Å²) in [7, 11) is 0. The summed E-state index contributed by atoms with van der Waals surface area (Å²) >= 11 is 0. The monoisotopic (exact) mass is 212 g/mol. The minimum Gasteiger partial charge on any atom is -0.377 e. The second-order valence-corrected chi connectivity index (χ2v) is 5.40. The van der Waals surface area contributed by atoms with E-state index in [-0.39, 0.29) is 5.54 Å². The minimum atomic E-state index is -0.00529. The average molecular weight is 212 g/mol. The third-order valence-corrected chi connectivity index (χ3v) is 3.66. The van der Waals surface area contributed by atoms with E-state index in [1.165, 1.54) is 32.1 Å². The third kappa shape index (κ3) is 3.44. The Bertz CT molecular complexity index is 196. The molecule has 0 radical (unpaired) electrons. The van der Waals surface area contributed by atoms with E-state index >= 15 is 0 Å². The Labute approximate surface area is 92.7 Å². The summed E-state index contributed by atoms with van der Waals surface area (Å²) in [6.45, 7) is 5.01. The first kappa shape index (κ1) is 11.4. The van der Waals surface area contributed by atoms with Gasteiger partial charge >= 0.3 is 0 Å². The Balaban J connectivity index is 1.60. The van der Waals surface area contributed by atoms with E-state index in [1.54, 1.807) is 0 Å². The maximum absolute atomic E-state index is 6.23. The van der Waals surface area contributed by atoms with Gasteiger partial charge in [0.1, 0.15) is 0 Å². The third-order valence-electron chi connectivity index (χ3n) is 3.66. The molecule has 1 saturated heterocycles. The van der Waals surface area contributed by atoms with Crippen molar-refractivity contribution in [1.82, 2.24) is 5.32 Å². The first-order chi connectivity index (χ1) is 7.18. The van der Waals surface area contributed by atoms with Crippen LogP contribution >= 0.6 is 0 Å². The van der Waals surface area contributed by atoms with Crippen molar-refractivity contribution in [2.24, 2.45) is 11.7 Å². The summed E-state index contributed by atoms with van der Waals surface area (Å²) < 4.78 is 5.67. The fourth-order valence-electron chi connectivity index (χ4n) is 2.36. The van der Waals surface area contributed by atoms with E-state index in [1.807, 2.05) is 0 Å². The van der Waals surface area contributed by atoms with Gasteiger partial charge in [-0.1, -0.05) is 0 Å². The van der Waals surface area contributed by atoms with Gasteiger partial charge in [0, 0.05) is 25.2 Å². The average Bonchev–Trinajstić information content (AvgIpc) is 3.02. The molecule has 1 heterocycles. The van der Waals surface area contributed by atoms with Crippen LogP contribution < -0.4 is 11.1 Å². The molecule has 1 aliphatic carbocycles. The van der Waals surface area contributed by atoms with E-state index in [2.05, 4.69) is 12.2 Å². The first-order valence-electron chi connectivity index (χ1n) is 6.30. The highest BCUT2D eigenvalue weighted by atomic mass is 16.5. The van der Waals surface area contributed by atoms with Gasteiger partial charge in [-0.15, -0.1) is 0 Å². The molecule has 88 valence electrons. The highest BCUT2D eigenvalue weighted by Crippen LogP contribution is 2.37. The molecule has 0 aromatic heterocycles. The van der Waals surface area contributed by atoms with Crippen LogP contribution in [0.25, 0.3) is 0 Å². The number of nitrogens with one attached hydrogen (secondary N) is 1. The SMILES string of the molecule is CC(N)(CNCC1CCCCO1)C1CC1. The summed E-state index contributed by atoms with van der Waals surface area (Å²) in [5.74, 6) is 0.747. The van der Waals surface area contributed by atoms with Gasteiger partial charge in [-0.2, -0.15) is 0 Å². The molecule has 3 heteroatoms. The largest absolute Gasteiger partial charge is 0.377 e. The van der Waals surface area contributed by atoms with Crippen LogP contribution in [0.15, 0.2) is 0 Å². The van der Waals surface area contributed by atoms with E-state index < -0.39 is 0 Å². The lowest BCUT2D eigenvalue weighted by molar-refractivity contribution is 0.0162. The van der Waals surface area contributed by atoms with Crippen molar-refractivity contribution in [2.45, 2.75) is 50.7 Å². The van der Waals surface area contributed by atoms with Crippen LogP contribution in [0.4, 0.5) is 0 Å². The van der Waals surface area contributed by atoms with Gasteiger partial charge in [-0.25, -0.2) is 0 Å². The first-order valence-corrected chi connectivity index (χ1v) is 6.30. The van der Waals surface area contributed by atoms with Gasteiger partial charge < -0.3 is 15.8 Å². The maximum atomic E-state index is 6.23. The van der Waals surface area contributed by atoms with Crippen molar-refractivity contribution < 1.29 is 4.74 Å². The van der Waals surface area contributed by atoms with Crippen molar-refractivity contribution in [3.8, 4) is 0 Å². The molecule has 3 N–H and O–H groups in total. The van der Waals surface area contributed by atoms with Crippen LogP contribution in [-0.2, 0) is 4.74 Å². The zero-order valence-electron chi connectivity index (χ0n) is 9.80. The molecule has 0 amide bonds. The maximum Gasteiger partial charge on any atom is 0.0699 e. The summed E-state index contributed by atoms with van der Waals surface area (Å²) in [5.41, 5.74) is 6.23. The molecule has 0 bridgehead atoms. The lowest BCUT2D eigenvalue weighted by Crippen LogP contribution is -2.49. The summed E-state index contributed by atoms with van der Waals surface area (Å²) in [6, 6.07) is 0. The van der Waals surface area contributed by atoms with Crippen molar-refractivity contribution in [1.29, 1.82) is 0 Å². The van der Waals surface area contributed by atoms with Crippen LogP contribution in [0.3, 0.4) is 0 Å². The van der Waals surface area contributed by atoms with Gasteiger partial charge in [0.25, 0.3) is 0 Å². The molecule has 1 saturated carbocycles. The molecule has 0 aromatic carbocycles. The highest BCUT2D eigenvalue weighted by molar-refractivity contribution is 4.96. The van der Waals surface area contributed by atoms with Crippen molar-refractivity contribution in [3.63, 3.8) is 0 Å². The van der Waals surface area contributed by atoms with Crippen LogP contribution in [0.5, 0.6) is 0 Å². The molecule has 15 heavy (non-hydrogen) atoms. The lowest BCUT2D eigenvalue weighted by atomic mass is 9.97. The molecule has 0 spiro atoms. The molecule has 0 aromatic rings. The van der Waals surface area contributed by atoms with Gasteiger partial charge in [0.2, 0.25) is 0 Å². The Morgan fingerprint density at radius 1 is 1.33 bits per heavy atom. The van der Waals surface area contributed by atoms with Crippen LogP contribution in [0.1, 0.15) is 39.0 Å². The number of hydrogen-bond acceptors (Lipinski definition) is 3. The van der Waals surface area contributed by atoms with Crippen molar-refractivity contribution in [2.75, 3.05) is 19.7 Å². The van der Waals surface area contributed by atoms with Crippen LogP contribution in [0.2, 0.25) is 0 Å². The fourth-order valence-corrected chi connectivity index (χ4v) is 2.36. The Hall–Kier alpha value is -0.120. The molecular weight excluding hydrogens is 188 g/mol. The number of hydrogen-bond donors (Lipinski definition) is 2. The van der Waals surface area contributed by atoms with E-state index in [9.17, 15) is 0 Å². The standard InChI is InChI=1S/C12H24N2O/c1-12(13,10-5-6-10)9-14-8-11-4-2-3-7-15-11/h10-11,14H,2-9,13H2,1H3. The van der Waals surface area contributed by atoms with Gasteiger partial charge in [0.15, 0.2) is 0 Å². The Morgan fingerprint density at radius 2 is 2.13 bits per heavy atom. The van der Waals surface area contributed by atoms with Crippen LogP contribution in [0, 0.1) is 5.92 Å². The van der Waals surface area contributed by atoms with E-state index in [4.69, 9.17) is 10.5 Å². The predicted octanol–water partition coefficient (Wildman–Crippen LogP) is 1.27. The minimum absolute atomic E-state index is 0.00529. The second kappa shape index (κ2) is 4.81. The van der Waals surface area contributed by atoms with E-state index in [0.717, 1.165) is 25.6 Å². The smallest absolute Gasteiger partial charge is 0.0699 e. The molecule has 2 atom stereocenters. The summed E-state index contributed by atoms with van der Waals surface area (Å²) in [6.07, 6.45) is 6.80. The summed E-state index contributed by atoms with van der Waals surface area (Å²) in [4.78, 5) is 0. The van der Waals surface area contributed by atoms with Gasteiger partial charge in [0.05, 0.1) is 6.10 Å². The van der Waals surface area contributed by atoms with Crippen LogP contribution in [-0.4, -0.2) is 31.3 Å². The Morgan fingerprint density at radius 3 is 2.73 bits per heavy atom. The summed E-state index contributed by atoms with van der Waals surface area (Å²) in [5, 5.41) is 3.47. The number of ether oxygens (including phenoxy) is 1. The molecular formula is C12H24N2O. The quantitative estimate of drug-likeness (QED) is 0.721. The lowest BCUT2D eigenvalue weighted by Gasteiger charge is -2.28. The van der Waals surface area contributed by atoms with E-state index in [0.29, 0.717) is 6.10 Å². The normalized spacial score (nSPS) is 31.2. The molecule has 2 fully saturated rings. The molecule has 1 aliphatic heterocycles. The number of rotatable bonds is 5. The second-order valence-electron chi connectivity index (χ2n) is 5.40. The zero-order chi connectivity index (χ0) is 10.7. The van der Waals surface area contributed by atoms with Gasteiger partial charge in [-0.3, -0.25) is 0 Å². The fraction of sp³-hybridized carbons (Fsp3) is 1.00.